The highest BCUT2D eigenvalue weighted by Crippen LogP contribution is 2.21. The van der Waals surface area contributed by atoms with Crippen LogP contribution in [0.1, 0.15) is 13.8 Å². The van der Waals surface area contributed by atoms with E-state index in [1.807, 2.05) is 0 Å². The maximum Gasteiger partial charge on any atom is 0.408 e. The molecule has 1 atom stereocenters. The fourth-order valence-electron chi connectivity index (χ4n) is 0.978. The van der Waals surface area contributed by atoms with E-state index in [1.165, 1.54) is 0 Å². The number of rotatable bonds is 1. The number of aliphatic carboxylic acids is 1. The summed E-state index contributed by atoms with van der Waals surface area (Å²) in [4.78, 5) is 21.0. The number of amides is 1. The third-order valence-electron chi connectivity index (χ3n) is 1.56. The van der Waals surface area contributed by atoms with E-state index < -0.39 is 23.7 Å². The Bertz CT molecular complexity index is 211. The topological polar surface area (TPSA) is 75.6 Å². The van der Waals surface area contributed by atoms with Gasteiger partial charge in [-0.2, -0.15) is 0 Å². The van der Waals surface area contributed by atoms with Crippen molar-refractivity contribution in [2.24, 2.45) is 0 Å². The lowest BCUT2D eigenvalue weighted by Gasteiger charge is -2.19. The molecule has 1 saturated heterocycles. The molecular formula is C6H9NO4. The van der Waals surface area contributed by atoms with E-state index in [0.29, 0.717) is 0 Å². The van der Waals surface area contributed by atoms with Gasteiger partial charge >= 0.3 is 12.1 Å². The average Bonchev–Trinajstić information content (AvgIpc) is 2.04. The van der Waals surface area contributed by atoms with Crippen molar-refractivity contribution in [1.29, 1.82) is 0 Å². The summed E-state index contributed by atoms with van der Waals surface area (Å²) in [5.41, 5.74) is -0.955. The van der Waals surface area contributed by atoms with Crippen LogP contribution in [0.5, 0.6) is 0 Å². The van der Waals surface area contributed by atoms with E-state index in [4.69, 9.17) is 9.84 Å². The summed E-state index contributed by atoms with van der Waals surface area (Å²) in [5, 5.41) is 10.8. The van der Waals surface area contributed by atoms with E-state index in [-0.39, 0.29) is 0 Å². The van der Waals surface area contributed by atoms with E-state index in [9.17, 15) is 9.59 Å². The van der Waals surface area contributed by atoms with Crippen molar-refractivity contribution in [2.45, 2.75) is 25.5 Å². The molecule has 1 aliphatic heterocycles. The van der Waals surface area contributed by atoms with Crippen molar-refractivity contribution in [3.8, 4) is 0 Å². The van der Waals surface area contributed by atoms with Crippen LogP contribution in [-0.4, -0.2) is 28.8 Å². The predicted octanol–water partition coefficient (Wildman–Crippen LogP) is -0.0420. The third kappa shape index (κ3) is 1.26. The lowest BCUT2D eigenvalue weighted by atomic mass is 10.0. The number of carbonyl (C=O) groups excluding carboxylic acids is 1. The lowest BCUT2D eigenvalue weighted by molar-refractivity contribution is -0.142. The van der Waals surface area contributed by atoms with Gasteiger partial charge in [-0.15, -0.1) is 0 Å². The van der Waals surface area contributed by atoms with Crippen LogP contribution in [0.2, 0.25) is 0 Å². The maximum absolute atomic E-state index is 10.6. The summed E-state index contributed by atoms with van der Waals surface area (Å²) in [6.45, 7) is 3.09. The van der Waals surface area contributed by atoms with Gasteiger partial charge in [0.15, 0.2) is 6.04 Å². The van der Waals surface area contributed by atoms with Crippen LogP contribution in [0.3, 0.4) is 0 Å². The molecule has 1 heterocycles. The molecule has 0 spiro atoms. The SMILES string of the molecule is CC1(C)OC(=O)N[C@@H]1C(=O)O. The largest absolute Gasteiger partial charge is 0.480 e. The molecule has 0 aliphatic carbocycles. The van der Waals surface area contributed by atoms with E-state index in [1.54, 1.807) is 13.8 Å². The van der Waals surface area contributed by atoms with E-state index in [2.05, 4.69) is 5.32 Å². The minimum atomic E-state index is -1.08. The standard InChI is InChI=1S/C6H9NO4/c1-6(2)3(4(8)9)7-5(10)11-6/h3H,1-2H3,(H,7,10)(H,8,9)/t3-/m1/s1. The first-order valence-electron chi connectivity index (χ1n) is 3.16. The molecule has 0 aromatic rings. The Hall–Kier alpha value is -1.26. The number of hydrogen-bond acceptors (Lipinski definition) is 3. The Morgan fingerprint density at radius 1 is 1.73 bits per heavy atom. The van der Waals surface area contributed by atoms with Crippen molar-refractivity contribution in [3.05, 3.63) is 0 Å². The first kappa shape index (κ1) is 7.84. The van der Waals surface area contributed by atoms with Gasteiger partial charge in [0, 0.05) is 0 Å². The van der Waals surface area contributed by atoms with E-state index >= 15 is 0 Å². The summed E-state index contributed by atoms with van der Waals surface area (Å²) in [7, 11) is 0. The Kier molecular flexibility index (Phi) is 1.51. The van der Waals surface area contributed by atoms with Gasteiger partial charge in [-0.25, -0.2) is 9.59 Å². The Labute approximate surface area is 63.3 Å². The first-order valence-corrected chi connectivity index (χ1v) is 3.16. The zero-order valence-electron chi connectivity index (χ0n) is 6.25. The number of carboxylic acids is 1. The Morgan fingerprint density at radius 3 is 2.45 bits per heavy atom. The molecule has 1 fully saturated rings. The van der Waals surface area contributed by atoms with Crippen LogP contribution in [-0.2, 0) is 9.53 Å². The van der Waals surface area contributed by atoms with Crippen LogP contribution < -0.4 is 5.32 Å². The van der Waals surface area contributed by atoms with Gasteiger partial charge in [0.05, 0.1) is 0 Å². The molecule has 0 radical (unpaired) electrons. The number of ether oxygens (including phenoxy) is 1. The van der Waals surface area contributed by atoms with Crippen LogP contribution in [0.4, 0.5) is 4.79 Å². The van der Waals surface area contributed by atoms with Gasteiger partial charge in [0.2, 0.25) is 0 Å². The van der Waals surface area contributed by atoms with Gasteiger partial charge in [0.25, 0.3) is 0 Å². The molecule has 0 bridgehead atoms. The van der Waals surface area contributed by atoms with Crippen molar-refractivity contribution < 1.29 is 19.4 Å². The zero-order chi connectivity index (χ0) is 8.65. The monoisotopic (exact) mass is 159 g/mol. The molecule has 11 heavy (non-hydrogen) atoms. The molecular weight excluding hydrogens is 150 g/mol. The second-order valence-corrected chi connectivity index (χ2v) is 2.91. The van der Waals surface area contributed by atoms with Gasteiger partial charge < -0.3 is 15.2 Å². The predicted molar refractivity (Wildman–Crippen MR) is 35.1 cm³/mol. The van der Waals surface area contributed by atoms with Crippen molar-refractivity contribution in [3.63, 3.8) is 0 Å². The van der Waals surface area contributed by atoms with Gasteiger partial charge in [-0.05, 0) is 13.8 Å². The molecule has 0 unspecified atom stereocenters. The minimum Gasteiger partial charge on any atom is -0.480 e. The summed E-state index contributed by atoms with van der Waals surface area (Å²) in [6.07, 6.45) is -0.678. The fourth-order valence-corrected chi connectivity index (χ4v) is 0.978. The summed E-state index contributed by atoms with van der Waals surface area (Å²) >= 11 is 0. The summed E-state index contributed by atoms with van der Waals surface area (Å²) < 4.78 is 4.69. The molecule has 1 aliphatic rings. The highest BCUT2D eigenvalue weighted by molar-refractivity contribution is 5.84. The molecule has 5 nitrogen and oxygen atoms in total. The Balaban J connectivity index is 2.82. The first-order chi connectivity index (χ1) is 4.93. The number of carboxylic acid groups (broad SMARTS) is 1. The molecule has 0 aromatic carbocycles. The highest BCUT2D eigenvalue weighted by atomic mass is 16.6. The number of nitrogens with one attached hydrogen (secondary N) is 1. The number of alkyl carbamates (subject to hydrolysis) is 1. The zero-order valence-corrected chi connectivity index (χ0v) is 6.25. The molecule has 5 heteroatoms. The highest BCUT2D eigenvalue weighted by Gasteiger charge is 2.45. The van der Waals surface area contributed by atoms with Crippen LogP contribution >= 0.6 is 0 Å². The molecule has 1 rings (SSSR count). The lowest BCUT2D eigenvalue weighted by Crippen LogP contribution is -2.44. The van der Waals surface area contributed by atoms with Crippen LogP contribution in [0.25, 0.3) is 0 Å². The maximum atomic E-state index is 10.6. The quantitative estimate of drug-likeness (QED) is 0.562. The fraction of sp³-hybridized carbons (Fsp3) is 0.667. The van der Waals surface area contributed by atoms with Gasteiger partial charge in [-0.3, -0.25) is 0 Å². The van der Waals surface area contributed by atoms with Crippen LogP contribution in [0.15, 0.2) is 0 Å². The second kappa shape index (κ2) is 2.11. The molecule has 2 N–H and O–H groups in total. The second-order valence-electron chi connectivity index (χ2n) is 2.91. The summed E-state index contributed by atoms with van der Waals surface area (Å²) in [5.74, 6) is -1.08. The van der Waals surface area contributed by atoms with Crippen LogP contribution in [0, 0.1) is 0 Å². The van der Waals surface area contributed by atoms with Crippen molar-refractivity contribution in [2.75, 3.05) is 0 Å². The minimum absolute atomic E-state index is 0.678. The number of carbonyl (C=O) groups is 2. The van der Waals surface area contributed by atoms with Crippen molar-refractivity contribution >= 4 is 12.1 Å². The van der Waals surface area contributed by atoms with Gasteiger partial charge in [0.1, 0.15) is 5.60 Å². The number of cyclic esters (lactones) is 1. The normalized spacial score (nSPS) is 27.5. The average molecular weight is 159 g/mol. The molecule has 0 aromatic heterocycles. The van der Waals surface area contributed by atoms with Gasteiger partial charge in [-0.1, -0.05) is 0 Å². The van der Waals surface area contributed by atoms with E-state index in [0.717, 1.165) is 0 Å². The Morgan fingerprint density at radius 2 is 2.27 bits per heavy atom. The number of hydrogen-bond donors (Lipinski definition) is 2. The molecule has 0 saturated carbocycles. The smallest absolute Gasteiger partial charge is 0.408 e. The molecule has 1 amide bonds. The summed E-state index contributed by atoms with van der Waals surface area (Å²) in [6, 6.07) is -0.949. The molecule has 62 valence electrons. The third-order valence-corrected chi connectivity index (χ3v) is 1.56. The van der Waals surface area contributed by atoms with Crippen molar-refractivity contribution in [1.82, 2.24) is 5.32 Å².